The second-order valence-corrected chi connectivity index (χ2v) is 12.2. The topological polar surface area (TPSA) is 107 Å². The van der Waals surface area contributed by atoms with E-state index in [0.29, 0.717) is 59.4 Å². The molecule has 252 valence electrons. The number of urea groups is 1. The molecule has 0 radical (unpaired) electrons. The summed E-state index contributed by atoms with van der Waals surface area (Å²) < 4.78 is 43.0. The normalized spacial score (nSPS) is 11.3. The van der Waals surface area contributed by atoms with Crippen molar-refractivity contribution in [3.8, 4) is 21.9 Å². The van der Waals surface area contributed by atoms with Crippen LogP contribution in [0.15, 0.2) is 70.3 Å². The van der Waals surface area contributed by atoms with Crippen molar-refractivity contribution in [3.63, 3.8) is 0 Å². The number of rotatable bonds is 12. The van der Waals surface area contributed by atoms with Crippen LogP contribution in [-0.4, -0.2) is 61.0 Å². The smallest absolute Gasteiger partial charge is 0.337 e. The van der Waals surface area contributed by atoms with Gasteiger partial charge in [0.15, 0.2) is 0 Å². The maximum atomic E-state index is 15.0. The van der Waals surface area contributed by atoms with Crippen LogP contribution >= 0.6 is 11.3 Å². The summed E-state index contributed by atoms with van der Waals surface area (Å²) in [5, 5.41) is 5.72. The number of nitrogens with zero attached hydrogens (tertiary/aromatic N) is 3. The van der Waals surface area contributed by atoms with Gasteiger partial charge >= 0.3 is 11.7 Å². The predicted octanol–water partition coefficient (Wildman–Crippen LogP) is 5.74. The van der Waals surface area contributed by atoms with Crippen molar-refractivity contribution < 1.29 is 23.0 Å². The molecule has 3 aromatic carbocycles. The second-order valence-electron chi connectivity index (χ2n) is 11.2. The maximum absolute atomic E-state index is 15.0. The Kier molecular flexibility index (Phi) is 10.7. The zero-order valence-electron chi connectivity index (χ0n) is 27.4. The molecule has 0 aliphatic heterocycles. The second kappa shape index (κ2) is 14.9. The lowest BCUT2D eigenvalue weighted by Gasteiger charge is -2.18. The Balaban J connectivity index is 1.80. The first-order valence-corrected chi connectivity index (χ1v) is 16.1. The number of carbonyl (C=O) groups excluding carboxylic acids is 1. The fourth-order valence-corrected chi connectivity index (χ4v) is 6.80. The van der Waals surface area contributed by atoms with Gasteiger partial charge in [0.05, 0.1) is 31.3 Å². The van der Waals surface area contributed by atoms with Crippen molar-refractivity contribution in [2.75, 3.05) is 46.3 Å². The fraction of sp³-hybridized carbons (Fsp3) is 0.286. The molecule has 0 saturated heterocycles. The number of thiophene rings is 1. The van der Waals surface area contributed by atoms with Crippen LogP contribution in [0, 0.1) is 18.6 Å². The molecule has 2 amide bonds. The Morgan fingerprint density at radius 3 is 2.33 bits per heavy atom. The van der Waals surface area contributed by atoms with Crippen LogP contribution in [-0.2, 0) is 17.8 Å². The minimum absolute atomic E-state index is 0.258. The summed E-state index contributed by atoms with van der Waals surface area (Å²) in [6.07, 6.45) is 0. The highest BCUT2D eigenvalue weighted by Crippen LogP contribution is 2.38. The molecule has 0 fully saturated rings. The lowest BCUT2D eigenvalue weighted by molar-refractivity contribution is 0.159. The minimum atomic E-state index is -0.806. The lowest BCUT2D eigenvalue weighted by atomic mass is 10.1. The fourth-order valence-electron chi connectivity index (χ4n) is 5.50. The van der Waals surface area contributed by atoms with Crippen molar-refractivity contribution in [1.82, 2.24) is 19.4 Å². The molecule has 0 aliphatic carbocycles. The van der Waals surface area contributed by atoms with Crippen molar-refractivity contribution in [1.29, 1.82) is 0 Å². The van der Waals surface area contributed by atoms with E-state index in [0.717, 1.165) is 22.3 Å². The van der Waals surface area contributed by atoms with Gasteiger partial charge in [0.2, 0.25) is 0 Å². The molecule has 48 heavy (non-hydrogen) atoms. The average molecular weight is 678 g/mol. The number of anilines is 1. The molecule has 5 rings (SSSR count). The molecule has 0 spiro atoms. The summed E-state index contributed by atoms with van der Waals surface area (Å²) in [6.45, 7) is 4.94. The molecule has 0 bridgehead atoms. The summed E-state index contributed by atoms with van der Waals surface area (Å²) in [5.41, 5.74) is 1.32. The van der Waals surface area contributed by atoms with E-state index in [2.05, 4.69) is 10.6 Å². The summed E-state index contributed by atoms with van der Waals surface area (Å²) in [4.78, 5) is 43.9. The van der Waals surface area contributed by atoms with E-state index in [1.54, 1.807) is 44.4 Å². The van der Waals surface area contributed by atoms with Crippen LogP contribution in [0.4, 0.5) is 19.3 Å². The van der Waals surface area contributed by atoms with Gasteiger partial charge in [-0.05, 0) is 80.1 Å². The van der Waals surface area contributed by atoms with E-state index in [9.17, 15) is 14.4 Å². The highest BCUT2D eigenvalue weighted by Gasteiger charge is 2.26. The number of hydrogen-bond acceptors (Lipinski definition) is 7. The number of likely N-dealkylation sites (N-methyl/N-ethyl adjacent to an activating group) is 1. The first-order valence-electron chi connectivity index (χ1n) is 15.3. The van der Waals surface area contributed by atoms with Gasteiger partial charge in [-0.1, -0.05) is 18.2 Å². The Morgan fingerprint density at radius 1 is 1.00 bits per heavy atom. The largest absolute Gasteiger partial charge is 0.496 e. The van der Waals surface area contributed by atoms with E-state index < -0.39 is 29.4 Å². The van der Waals surface area contributed by atoms with Gasteiger partial charge in [-0.25, -0.2) is 22.9 Å². The molecule has 10 nitrogen and oxygen atoms in total. The number of halogens is 2. The standard InChI is InChI=1S/C35H37F2N5O5S/c1-6-38-34(44)39-23-12-10-22(11-13-23)31-26(19-40(3)16-17-46-4)30-32(43)42(24-14-15-29(47-5)21(2)18-24)35(45)41(33(30)48-31)20-25-27(36)8-7-9-28(25)37/h7-15,18H,6,16-17,19-20H2,1-5H3,(H2,38,39,44). The van der Waals surface area contributed by atoms with Gasteiger partial charge in [0, 0.05) is 42.9 Å². The van der Waals surface area contributed by atoms with Crippen LogP contribution < -0.4 is 26.6 Å². The molecule has 0 unspecified atom stereocenters. The molecule has 2 N–H and O–H groups in total. The van der Waals surface area contributed by atoms with E-state index in [1.807, 2.05) is 31.0 Å². The third-order valence-electron chi connectivity index (χ3n) is 7.93. The van der Waals surface area contributed by atoms with Gasteiger partial charge in [-0.2, -0.15) is 0 Å². The van der Waals surface area contributed by atoms with Crippen LogP contribution in [0.5, 0.6) is 5.75 Å². The molecular formula is C35H37F2N5O5S. The van der Waals surface area contributed by atoms with E-state index in [1.165, 1.54) is 29.1 Å². The van der Waals surface area contributed by atoms with Crippen LogP contribution in [0.3, 0.4) is 0 Å². The first kappa shape index (κ1) is 34.5. The number of fused-ring (bicyclic) bond motifs is 1. The van der Waals surface area contributed by atoms with Crippen LogP contribution in [0.25, 0.3) is 26.3 Å². The number of carbonyl (C=O) groups is 1. The number of nitrogens with one attached hydrogen (secondary N) is 2. The highest BCUT2D eigenvalue weighted by molar-refractivity contribution is 7.22. The zero-order chi connectivity index (χ0) is 34.5. The molecule has 0 aliphatic rings. The van der Waals surface area contributed by atoms with Gasteiger partial charge in [0.1, 0.15) is 22.2 Å². The molecular weight excluding hydrogens is 640 g/mol. The van der Waals surface area contributed by atoms with Crippen LogP contribution in [0.1, 0.15) is 23.6 Å². The summed E-state index contributed by atoms with van der Waals surface area (Å²) in [7, 11) is 5.02. The van der Waals surface area contributed by atoms with E-state index >= 15 is 8.78 Å². The summed E-state index contributed by atoms with van der Waals surface area (Å²) in [5.74, 6) is -1.04. The van der Waals surface area contributed by atoms with E-state index in [-0.39, 0.29) is 21.8 Å². The van der Waals surface area contributed by atoms with Gasteiger partial charge in [0.25, 0.3) is 5.56 Å². The highest BCUT2D eigenvalue weighted by atomic mass is 32.1. The van der Waals surface area contributed by atoms with Crippen molar-refractivity contribution in [3.05, 3.63) is 110 Å². The number of aryl methyl sites for hydroxylation is 1. The van der Waals surface area contributed by atoms with Crippen molar-refractivity contribution in [2.24, 2.45) is 0 Å². The Morgan fingerprint density at radius 2 is 1.71 bits per heavy atom. The third-order valence-corrected chi connectivity index (χ3v) is 9.24. The molecule has 2 aromatic heterocycles. The molecule has 2 heterocycles. The Hall–Kier alpha value is -4.85. The molecule has 0 atom stereocenters. The Labute approximate surface area is 280 Å². The van der Waals surface area contributed by atoms with Gasteiger partial charge < -0.3 is 20.1 Å². The van der Waals surface area contributed by atoms with Crippen molar-refractivity contribution >= 4 is 33.3 Å². The number of ether oxygens (including phenoxy) is 2. The number of amides is 2. The summed E-state index contributed by atoms with van der Waals surface area (Å²) >= 11 is 1.20. The Bertz CT molecular complexity index is 2050. The lowest BCUT2D eigenvalue weighted by Crippen LogP contribution is -2.39. The SMILES string of the molecule is CCNC(=O)Nc1ccc(-c2sc3c(c2CN(C)CCOC)c(=O)n(-c2ccc(OC)c(C)c2)c(=O)n3Cc2c(F)cccc2F)cc1. The number of hydrogen-bond donors (Lipinski definition) is 2. The number of benzene rings is 3. The minimum Gasteiger partial charge on any atom is -0.496 e. The predicted molar refractivity (Wildman–Crippen MR) is 185 cm³/mol. The van der Waals surface area contributed by atoms with Crippen LogP contribution in [0.2, 0.25) is 0 Å². The summed E-state index contributed by atoms with van der Waals surface area (Å²) in [6, 6.07) is 15.2. The molecule has 5 aromatic rings. The molecule has 0 saturated carbocycles. The quantitative estimate of drug-likeness (QED) is 0.174. The van der Waals surface area contributed by atoms with E-state index in [4.69, 9.17) is 9.47 Å². The maximum Gasteiger partial charge on any atom is 0.337 e. The molecule has 13 heteroatoms. The first-order chi connectivity index (χ1) is 23.1. The number of methoxy groups -OCH3 is 2. The zero-order valence-corrected chi connectivity index (χ0v) is 28.2. The third kappa shape index (κ3) is 7.03. The van der Waals surface area contributed by atoms with Gasteiger partial charge in [-0.15, -0.1) is 11.3 Å². The van der Waals surface area contributed by atoms with Gasteiger partial charge in [-0.3, -0.25) is 14.3 Å². The number of aromatic nitrogens is 2. The van der Waals surface area contributed by atoms with Crippen molar-refractivity contribution in [2.45, 2.75) is 26.9 Å². The monoisotopic (exact) mass is 677 g/mol. The average Bonchev–Trinajstić information content (AvgIpc) is 3.42.